The predicted molar refractivity (Wildman–Crippen MR) is 97.5 cm³/mol. The molecule has 0 unspecified atom stereocenters. The van der Waals surface area contributed by atoms with E-state index >= 15 is 0 Å². The maximum Gasteiger partial charge on any atom is 0.319 e. The molecule has 0 saturated heterocycles. The molecule has 1 aromatic heterocycles. The summed E-state index contributed by atoms with van der Waals surface area (Å²) in [4.78, 5) is 33.0. The highest BCUT2D eigenvalue weighted by atomic mass is 16.6. The number of non-ortho nitro benzene ring substituents is 1. The Kier molecular flexibility index (Phi) is 4.98. The molecule has 11 nitrogen and oxygen atoms in total. The molecule has 3 rings (SSSR count). The van der Waals surface area contributed by atoms with Gasteiger partial charge in [-0.25, -0.2) is 0 Å². The number of nitro benzene ring substituents is 1. The minimum atomic E-state index is -0.869. The van der Waals surface area contributed by atoms with E-state index in [1.807, 2.05) is 19.1 Å². The average Bonchev–Trinajstić information content (AvgIpc) is 3.14. The molecule has 142 valence electrons. The first-order valence-electron chi connectivity index (χ1n) is 7.86. The largest absolute Gasteiger partial charge is 0.457 e. The van der Waals surface area contributed by atoms with Crippen LogP contribution < -0.4 is 10.1 Å². The van der Waals surface area contributed by atoms with Crippen LogP contribution in [0.4, 0.5) is 17.1 Å². The van der Waals surface area contributed by atoms with E-state index in [1.165, 1.54) is 12.1 Å². The number of nitrogens with zero attached hydrogens (tertiary/aromatic N) is 3. The van der Waals surface area contributed by atoms with E-state index in [4.69, 9.17) is 4.74 Å². The van der Waals surface area contributed by atoms with E-state index in [-0.39, 0.29) is 22.8 Å². The van der Waals surface area contributed by atoms with Crippen LogP contribution in [0, 0.1) is 27.2 Å². The monoisotopic (exact) mass is 383 g/mol. The molecule has 0 aliphatic carbocycles. The first kappa shape index (κ1) is 18.5. The highest BCUT2D eigenvalue weighted by Crippen LogP contribution is 2.30. The van der Waals surface area contributed by atoms with E-state index in [1.54, 1.807) is 12.1 Å². The lowest BCUT2D eigenvalue weighted by Gasteiger charge is -2.09. The van der Waals surface area contributed by atoms with Crippen LogP contribution >= 0.6 is 0 Å². The summed E-state index contributed by atoms with van der Waals surface area (Å²) >= 11 is 0. The van der Waals surface area contributed by atoms with Gasteiger partial charge in [-0.05, 0) is 19.1 Å². The molecule has 0 aliphatic rings. The highest BCUT2D eigenvalue weighted by Gasteiger charge is 2.23. The van der Waals surface area contributed by atoms with Crippen LogP contribution in [0.25, 0.3) is 0 Å². The van der Waals surface area contributed by atoms with Crippen molar-refractivity contribution < 1.29 is 19.4 Å². The van der Waals surface area contributed by atoms with Gasteiger partial charge >= 0.3 is 5.69 Å². The molecule has 11 heteroatoms. The second-order valence-electron chi connectivity index (χ2n) is 5.73. The molecule has 0 saturated carbocycles. The van der Waals surface area contributed by atoms with Crippen molar-refractivity contribution in [2.45, 2.75) is 6.92 Å². The van der Waals surface area contributed by atoms with Crippen molar-refractivity contribution >= 4 is 23.0 Å². The fourth-order valence-corrected chi connectivity index (χ4v) is 2.34. The van der Waals surface area contributed by atoms with Crippen molar-refractivity contribution in [2.24, 2.45) is 0 Å². The third kappa shape index (κ3) is 4.09. The number of hydrogen-bond acceptors (Lipinski definition) is 7. The Labute approximate surface area is 157 Å². The van der Waals surface area contributed by atoms with Gasteiger partial charge in [0.1, 0.15) is 17.7 Å². The number of hydrogen-bond donors (Lipinski definition) is 2. The lowest BCUT2D eigenvalue weighted by molar-refractivity contribution is -0.385. The number of aryl methyl sites for hydroxylation is 1. The van der Waals surface area contributed by atoms with E-state index in [0.717, 1.165) is 17.8 Å². The number of H-pyrrole nitrogens is 1. The van der Waals surface area contributed by atoms with Gasteiger partial charge in [-0.1, -0.05) is 17.7 Å². The van der Waals surface area contributed by atoms with Gasteiger partial charge < -0.3 is 10.1 Å². The van der Waals surface area contributed by atoms with Crippen LogP contribution in [0.3, 0.4) is 0 Å². The number of ether oxygens (including phenoxy) is 1. The molecule has 0 spiro atoms. The number of nitro groups is 2. The molecule has 1 heterocycles. The summed E-state index contributed by atoms with van der Waals surface area (Å²) in [6.07, 6.45) is 0.897. The second kappa shape index (κ2) is 7.53. The Morgan fingerprint density at radius 2 is 1.79 bits per heavy atom. The summed E-state index contributed by atoms with van der Waals surface area (Å²) in [5.74, 6) is -0.300. The van der Waals surface area contributed by atoms with Crippen molar-refractivity contribution in [3.05, 3.63) is 80.1 Å². The van der Waals surface area contributed by atoms with Gasteiger partial charge in [-0.15, -0.1) is 0 Å². The minimum absolute atomic E-state index is 0.0326. The van der Waals surface area contributed by atoms with Crippen LogP contribution in [-0.2, 0) is 0 Å². The molecule has 0 atom stereocenters. The first-order chi connectivity index (χ1) is 13.3. The minimum Gasteiger partial charge on any atom is -0.457 e. The number of benzene rings is 2. The average molecular weight is 383 g/mol. The Balaban J connectivity index is 1.89. The number of carbonyl (C=O) groups excluding carboxylic acids is 1. The number of nitrogens with one attached hydrogen (secondary N) is 2. The molecule has 28 heavy (non-hydrogen) atoms. The van der Waals surface area contributed by atoms with Gasteiger partial charge in [-0.3, -0.25) is 30.1 Å². The van der Waals surface area contributed by atoms with Crippen molar-refractivity contribution in [3.8, 4) is 11.5 Å². The molecule has 0 aliphatic heterocycles. The third-order valence-corrected chi connectivity index (χ3v) is 3.66. The van der Waals surface area contributed by atoms with E-state index in [0.29, 0.717) is 5.75 Å². The number of aromatic amines is 1. The quantitative estimate of drug-likeness (QED) is 0.487. The highest BCUT2D eigenvalue weighted by molar-refractivity contribution is 6.05. The van der Waals surface area contributed by atoms with Crippen LogP contribution in [0.5, 0.6) is 11.5 Å². The smallest absolute Gasteiger partial charge is 0.319 e. The second-order valence-corrected chi connectivity index (χ2v) is 5.73. The standard InChI is InChI=1S/C17H13N5O6/c1-10-2-4-13(5-3-10)28-14-7-11(6-12(8-14)21(24)25)19-17(23)16-15(22(26)27)9-18-20-16/h2-9H,1H3,(H,18,20)(H,19,23). The Bertz CT molecular complexity index is 1060. The van der Waals surface area contributed by atoms with Crippen molar-refractivity contribution in [3.63, 3.8) is 0 Å². The van der Waals surface area contributed by atoms with Gasteiger partial charge in [0, 0.05) is 12.1 Å². The van der Waals surface area contributed by atoms with Crippen molar-refractivity contribution in [1.29, 1.82) is 0 Å². The van der Waals surface area contributed by atoms with Gasteiger partial charge in [0.15, 0.2) is 0 Å². The molecular formula is C17H13N5O6. The summed E-state index contributed by atoms with van der Waals surface area (Å²) in [6, 6.07) is 10.7. The maximum absolute atomic E-state index is 12.3. The zero-order valence-electron chi connectivity index (χ0n) is 14.4. The van der Waals surface area contributed by atoms with Gasteiger partial charge in [-0.2, -0.15) is 5.10 Å². The van der Waals surface area contributed by atoms with Crippen LogP contribution in [0.2, 0.25) is 0 Å². The van der Waals surface area contributed by atoms with E-state index in [2.05, 4.69) is 15.5 Å². The summed E-state index contributed by atoms with van der Waals surface area (Å²) in [5.41, 5.74) is -0.165. The van der Waals surface area contributed by atoms with Gasteiger partial charge in [0.2, 0.25) is 5.69 Å². The number of rotatable bonds is 6. The maximum atomic E-state index is 12.3. The zero-order valence-corrected chi connectivity index (χ0v) is 14.4. The molecule has 0 radical (unpaired) electrons. The SMILES string of the molecule is Cc1ccc(Oc2cc(NC(=O)c3[nH]ncc3[N+](=O)[O-])cc([N+](=O)[O-])c2)cc1. The van der Waals surface area contributed by atoms with Gasteiger partial charge in [0.25, 0.3) is 11.6 Å². The molecular weight excluding hydrogens is 370 g/mol. The normalized spacial score (nSPS) is 10.3. The zero-order chi connectivity index (χ0) is 20.3. The summed E-state index contributed by atoms with van der Waals surface area (Å²) < 4.78 is 5.61. The van der Waals surface area contributed by atoms with E-state index < -0.39 is 21.4 Å². The fourth-order valence-electron chi connectivity index (χ4n) is 2.34. The molecule has 0 fully saturated rings. The lowest BCUT2D eigenvalue weighted by Crippen LogP contribution is -2.14. The molecule has 2 aromatic carbocycles. The van der Waals surface area contributed by atoms with Crippen molar-refractivity contribution in [2.75, 3.05) is 5.32 Å². The molecule has 1 amide bonds. The third-order valence-electron chi connectivity index (χ3n) is 3.66. The number of aromatic nitrogens is 2. The van der Waals surface area contributed by atoms with Crippen LogP contribution in [0.1, 0.15) is 16.1 Å². The summed E-state index contributed by atoms with van der Waals surface area (Å²) in [5, 5.41) is 30.2. The molecule has 0 bridgehead atoms. The van der Waals surface area contributed by atoms with E-state index in [9.17, 15) is 25.0 Å². The first-order valence-corrected chi connectivity index (χ1v) is 7.86. The summed E-state index contributed by atoms with van der Waals surface area (Å²) in [6.45, 7) is 1.90. The summed E-state index contributed by atoms with van der Waals surface area (Å²) in [7, 11) is 0. The van der Waals surface area contributed by atoms with Crippen LogP contribution in [0.15, 0.2) is 48.7 Å². The predicted octanol–water partition coefficient (Wildman–Crippen LogP) is 3.58. The lowest BCUT2D eigenvalue weighted by atomic mass is 10.2. The van der Waals surface area contributed by atoms with Crippen LogP contribution in [-0.4, -0.2) is 26.0 Å². The molecule has 3 aromatic rings. The molecule has 2 N–H and O–H groups in total. The number of carbonyl (C=O) groups is 1. The van der Waals surface area contributed by atoms with Crippen molar-refractivity contribution in [1.82, 2.24) is 10.2 Å². The fraction of sp³-hybridized carbons (Fsp3) is 0.0588. The Morgan fingerprint density at radius 1 is 1.07 bits per heavy atom. The number of anilines is 1. The number of amides is 1. The Hall–Kier alpha value is -4.28. The van der Waals surface area contributed by atoms with Gasteiger partial charge in [0.05, 0.1) is 21.6 Å². The topological polar surface area (TPSA) is 153 Å². The Morgan fingerprint density at radius 3 is 2.43 bits per heavy atom.